The van der Waals surface area contributed by atoms with Gasteiger partial charge in [0.25, 0.3) is 0 Å². The van der Waals surface area contributed by atoms with Gasteiger partial charge in [-0.25, -0.2) is 0 Å². The average Bonchev–Trinajstić information content (AvgIpc) is 2.52. The molecule has 0 spiro atoms. The molecule has 1 N–H and O–H groups in total. The smallest absolute Gasteiger partial charge is 0.248 e. The molecule has 0 aliphatic carbocycles. The molecule has 0 bridgehead atoms. The third-order valence-electron chi connectivity index (χ3n) is 3.72. The van der Waals surface area contributed by atoms with Crippen LogP contribution in [0.25, 0.3) is 0 Å². The maximum atomic E-state index is 12.0. The lowest BCUT2D eigenvalue weighted by Crippen LogP contribution is -2.44. The highest BCUT2D eigenvalue weighted by molar-refractivity contribution is 5.80. The summed E-state index contributed by atoms with van der Waals surface area (Å²) in [5.74, 6) is -0.0510. The van der Waals surface area contributed by atoms with Crippen LogP contribution < -0.4 is 5.32 Å². The van der Waals surface area contributed by atoms with Crippen LogP contribution in [0.1, 0.15) is 33.3 Å². The molecule has 0 aliphatic heterocycles. The van der Waals surface area contributed by atoms with Crippen molar-refractivity contribution in [2.75, 3.05) is 19.6 Å². The molecule has 0 saturated heterocycles. The van der Waals surface area contributed by atoms with Crippen molar-refractivity contribution < 1.29 is 9.53 Å². The van der Waals surface area contributed by atoms with Gasteiger partial charge in [-0.3, -0.25) is 9.69 Å². The van der Waals surface area contributed by atoms with Gasteiger partial charge >= 0.3 is 0 Å². The Morgan fingerprint density at radius 3 is 2.38 bits per heavy atom. The maximum Gasteiger partial charge on any atom is 0.248 e. The maximum absolute atomic E-state index is 12.0. The van der Waals surface area contributed by atoms with Crippen molar-refractivity contribution in [2.24, 2.45) is 0 Å². The first-order valence-corrected chi connectivity index (χ1v) is 7.75. The van der Waals surface area contributed by atoms with E-state index in [0.717, 1.165) is 18.7 Å². The zero-order valence-corrected chi connectivity index (χ0v) is 13.6. The van der Waals surface area contributed by atoms with Gasteiger partial charge in [0.15, 0.2) is 0 Å². The van der Waals surface area contributed by atoms with Gasteiger partial charge in [-0.15, -0.1) is 0 Å². The largest absolute Gasteiger partial charge is 0.364 e. The fourth-order valence-corrected chi connectivity index (χ4v) is 2.24. The summed E-state index contributed by atoms with van der Waals surface area (Å²) in [6, 6.07) is 10.2. The van der Waals surface area contributed by atoms with Gasteiger partial charge in [-0.1, -0.05) is 44.2 Å². The van der Waals surface area contributed by atoms with Crippen LogP contribution >= 0.6 is 0 Å². The van der Waals surface area contributed by atoms with Crippen LogP contribution in [0.5, 0.6) is 0 Å². The monoisotopic (exact) mass is 292 g/mol. The van der Waals surface area contributed by atoms with E-state index in [1.807, 2.05) is 30.3 Å². The highest BCUT2D eigenvalue weighted by Gasteiger charge is 2.16. The zero-order valence-electron chi connectivity index (χ0n) is 13.6. The molecule has 1 amide bonds. The van der Waals surface area contributed by atoms with Crippen molar-refractivity contribution in [3.05, 3.63) is 35.9 Å². The Balaban J connectivity index is 2.31. The quantitative estimate of drug-likeness (QED) is 0.760. The van der Waals surface area contributed by atoms with Crippen LogP contribution in [0.2, 0.25) is 0 Å². The SMILES string of the molecule is CCN(CC)C(C)CNC(=O)C(C)OCc1ccccc1. The summed E-state index contributed by atoms with van der Waals surface area (Å²) < 4.78 is 5.61. The molecule has 0 aromatic heterocycles. The van der Waals surface area contributed by atoms with E-state index in [1.165, 1.54) is 0 Å². The summed E-state index contributed by atoms with van der Waals surface area (Å²) in [7, 11) is 0. The lowest BCUT2D eigenvalue weighted by Gasteiger charge is -2.26. The first kappa shape index (κ1) is 17.7. The molecule has 4 heteroatoms. The minimum absolute atomic E-state index is 0.0510. The molecule has 1 rings (SSSR count). The Bertz CT molecular complexity index is 405. The summed E-state index contributed by atoms with van der Waals surface area (Å²) in [4.78, 5) is 14.3. The van der Waals surface area contributed by atoms with Crippen molar-refractivity contribution in [3.8, 4) is 0 Å². The number of hydrogen-bond donors (Lipinski definition) is 1. The number of nitrogens with one attached hydrogen (secondary N) is 1. The highest BCUT2D eigenvalue weighted by atomic mass is 16.5. The van der Waals surface area contributed by atoms with Gasteiger partial charge in [0.1, 0.15) is 6.10 Å². The molecule has 1 aromatic carbocycles. The first-order chi connectivity index (χ1) is 10.1. The summed E-state index contributed by atoms with van der Waals surface area (Å²) >= 11 is 0. The number of carbonyl (C=O) groups excluding carboxylic acids is 1. The molecule has 2 unspecified atom stereocenters. The van der Waals surface area contributed by atoms with E-state index in [2.05, 4.69) is 31.0 Å². The number of nitrogens with zero attached hydrogens (tertiary/aromatic N) is 1. The summed E-state index contributed by atoms with van der Waals surface area (Å²) in [6.07, 6.45) is -0.436. The summed E-state index contributed by atoms with van der Waals surface area (Å²) in [5.41, 5.74) is 1.08. The Morgan fingerprint density at radius 1 is 1.19 bits per heavy atom. The van der Waals surface area contributed by atoms with E-state index in [1.54, 1.807) is 6.92 Å². The molecule has 0 heterocycles. The van der Waals surface area contributed by atoms with E-state index in [-0.39, 0.29) is 5.91 Å². The number of benzene rings is 1. The molecule has 0 aliphatic rings. The van der Waals surface area contributed by atoms with Crippen LogP contribution in [0.4, 0.5) is 0 Å². The molecular formula is C17H28N2O2. The summed E-state index contributed by atoms with van der Waals surface area (Å²) in [5, 5.41) is 2.96. The molecule has 2 atom stereocenters. The highest BCUT2D eigenvalue weighted by Crippen LogP contribution is 2.03. The van der Waals surface area contributed by atoms with Crippen molar-refractivity contribution in [1.29, 1.82) is 0 Å². The summed E-state index contributed by atoms with van der Waals surface area (Å²) in [6.45, 7) is 11.3. The van der Waals surface area contributed by atoms with Gasteiger partial charge in [0, 0.05) is 12.6 Å². The lowest BCUT2D eigenvalue weighted by atomic mass is 10.2. The predicted octanol–water partition coefficient (Wildman–Crippen LogP) is 2.44. The van der Waals surface area contributed by atoms with Crippen LogP contribution in [-0.2, 0) is 16.1 Å². The van der Waals surface area contributed by atoms with E-state index >= 15 is 0 Å². The fraction of sp³-hybridized carbons (Fsp3) is 0.588. The van der Waals surface area contributed by atoms with E-state index < -0.39 is 6.10 Å². The molecule has 1 aromatic rings. The molecule has 0 fully saturated rings. The average molecular weight is 292 g/mol. The van der Waals surface area contributed by atoms with Crippen LogP contribution in [0.3, 0.4) is 0 Å². The van der Waals surface area contributed by atoms with Crippen LogP contribution in [0, 0.1) is 0 Å². The Kier molecular flexibility index (Phi) is 8.01. The second-order valence-electron chi connectivity index (χ2n) is 5.25. The normalized spacial score (nSPS) is 14.0. The molecule has 4 nitrogen and oxygen atoms in total. The second kappa shape index (κ2) is 9.53. The molecule has 118 valence electrons. The van der Waals surface area contributed by atoms with Crippen LogP contribution in [-0.4, -0.2) is 42.6 Å². The Morgan fingerprint density at radius 2 is 1.81 bits per heavy atom. The number of carbonyl (C=O) groups is 1. The standard InChI is InChI=1S/C17H28N2O2/c1-5-19(6-2)14(3)12-18-17(20)15(4)21-13-16-10-8-7-9-11-16/h7-11,14-15H,5-6,12-13H2,1-4H3,(H,18,20). The number of hydrogen-bond acceptors (Lipinski definition) is 3. The fourth-order valence-electron chi connectivity index (χ4n) is 2.24. The van der Waals surface area contributed by atoms with Gasteiger partial charge in [0.2, 0.25) is 5.91 Å². The van der Waals surface area contributed by atoms with Gasteiger partial charge in [0.05, 0.1) is 6.61 Å². The Labute approximate surface area is 128 Å². The number of rotatable bonds is 9. The number of ether oxygens (including phenoxy) is 1. The molecule has 21 heavy (non-hydrogen) atoms. The van der Waals surface area contributed by atoms with Gasteiger partial charge in [-0.05, 0) is 32.5 Å². The van der Waals surface area contributed by atoms with Crippen LogP contribution in [0.15, 0.2) is 30.3 Å². The third-order valence-corrected chi connectivity index (χ3v) is 3.72. The molecule has 0 radical (unpaired) electrons. The van der Waals surface area contributed by atoms with E-state index in [4.69, 9.17) is 4.74 Å². The van der Waals surface area contributed by atoms with E-state index in [9.17, 15) is 4.79 Å². The predicted molar refractivity (Wildman–Crippen MR) is 86.1 cm³/mol. The third kappa shape index (κ3) is 6.27. The number of likely N-dealkylation sites (N-methyl/N-ethyl adjacent to an activating group) is 1. The minimum Gasteiger partial charge on any atom is -0.364 e. The Hall–Kier alpha value is -1.39. The van der Waals surface area contributed by atoms with Crippen molar-refractivity contribution in [1.82, 2.24) is 10.2 Å². The first-order valence-electron chi connectivity index (χ1n) is 7.75. The van der Waals surface area contributed by atoms with Crippen molar-refractivity contribution in [3.63, 3.8) is 0 Å². The van der Waals surface area contributed by atoms with Gasteiger partial charge in [-0.2, -0.15) is 0 Å². The molecule has 0 saturated carbocycles. The second-order valence-corrected chi connectivity index (χ2v) is 5.25. The van der Waals surface area contributed by atoms with E-state index in [0.29, 0.717) is 19.2 Å². The topological polar surface area (TPSA) is 41.6 Å². The van der Waals surface area contributed by atoms with Crippen molar-refractivity contribution in [2.45, 2.75) is 46.4 Å². The van der Waals surface area contributed by atoms with Gasteiger partial charge < -0.3 is 10.1 Å². The molecular weight excluding hydrogens is 264 g/mol. The minimum atomic E-state index is -0.436. The lowest BCUT2D eigenvalue weighted by molar-refractivity contribution is -0.132. The zero-order chi connectivity index (χ0) is 15.7. The van der Waals surface area contributed by atoms with Crippen molar-refractivity contribution >= 4 is 5.91 Å². The number of amides is 1.